The highest BCUT2D eigenvalue weighted by Crippen LogP contribution is 2.27. The van der Waals surface area contributed by atoms with E-state index in [-0.39, 0.29) is 17.3 Å². The molecule has 0 spiro atoms. The minimum Gasteiger partial charge on any atom is -0.497 e. The number of carbonyl (C=O) groups excluding carboxylic acids is 1. The smallest absolute Gasteiger partial charge is 0.243 e. The van der Waals surface area contributed by atoms with Crippen LogP contribution < -0.4 is 14.8 Å². The quantitative estimate of drug-likeness (QED) is 0.741. The molecule has 1 unspecified atom stereocenters. The third kappa shape index (κ3) is 4.86. The molecular weight excluding hydrogens is 394 g/mol. The monoisotopic (exact) mass is 419 g/mol. The third-order valence-electron chi connectivity index (χ3n) is 4.76. The molecule has 1 aromatic heterocycles. The summed E-state index contributed by atoms with van der Waals surface area (Å²) >= 11 is 0. The van der Waals surface area contributed by atoms with Crippen LogP contribution in [0.3, 0.4) is 0 Å². The minimum atomic E-state index is -3.68. The van der Waals surface area contributed by atoms with Crippen molar-refractivity contribution in [1.29, 1.82) is 0 Å². The zero-order chi connectivity index (χ0) is 20.9. The number of benzene rings is 1. The van der Waals surface area contributed by atoms with Gasteiger partial charge in [-0.05, 0) is 56.2 Å². The van der Waals surface area contributed by atoms with Gasteiger partial charge >= 0.3 is 0 Å². The molecule has 156 valence electrons. The van der Waals surface area contributed by atoms with E-state index in [0.29, 0.717) is 43.3 Å². The molecular formula is C20H25N3O5S. The molecule has 0 bridgehead atoms. The van der Waals surface area contributed by atoms with Gasteiger partial charge in [-0.1, -0.05) is 0 Å². The first-order valence-electron chi connectivity index (χ1n) is 9.48. The zero-order valence-electron chi connectivity index (χ0n) is 16.5. The van der Waals surface area contributed by atoms with Gasteiger partial charge in [-0.3, -0.25) is 4.79 Å². The zero-order valence-corrected chi connectivity index (χ0v) is 17.3. The van der Waals surface area contributed by atoms with E-state index in [9.17, 15) is 13.2 Å². The van der Waals surface area contributed by atoms with Crippen LogP contribution >= 0.6 is 0 Å². The van der Waals surface area contributed by atoms with Crippen molar-refractivity contribution < 1.29 is 22.7 Å². The average molecular weight is 420 g/mol. The van der Waals surface area contributed by atoms with E-state index in [0.717, 1.165) is 0 Å². The standard InChI is InChI=1S/C20H25N3O5S/c1-3-28-20-18(7-4-12-21-20)22-19(24)15-6-5-13-23(14-15)29(25,26)17-10-8-16(27-2)9-11-17/h4,7-12,15H,3,5-6,13-14H2,1-2H3,(H,22,24). The molecule has 1 N–H and O–H groups in total. The van der Waals surface area contributed by atoms with Crippen molar-refractivity contribution in [3.05, 3.63) is 42.6 Å². The number of pyridine rings is 1. The first-order valence-corrected chi connectivity index (χ1v) is 10.9. The second-order valence-corrected chi connectivity index (χ2v) is 8.59. The van der Waals surface area contributed by atoms with E-state index in [1.165, 1.54) is 23.5 Å². The Balaban J connectivity index is 1.72. The van der Waals surface area contributed by atoms with E-state index in [1.807, 2.05) is 6.92 Å². The van der Waals surface area contributed by atoms with Crippen LogP contribution in [0.1, 0.15) is 19.8 Å². The largest absolute Gasteiger partial charge is 0.497 e. The van der Waals surface area contributed by atoms with Gasteiger partial charge in [0.25, 0.3) is 0 Å². The van der Waals surface area contributed by atoms with Crippen molar-refractivity contribution in [2.75, 3.05) is 32.1 Å². The molecule has 1 aliphatic heterocycles. The Morgan fingerprint density at radius 3 is 2.72 bits per heavy atom. The van der Waals surface area contributed by atoms with Gasteiger partial charge in [0.15, 0.2) is 0 Å². The molecule has 1 fully saturated rings. The molecule has 9 heteroatoms. The second-order valence-electron chi connectivity index (χ2n) is 6.66. The maximum Gasteiger partial charge on any atom is 0.243 e. The molecule has 8 nitrogen and oxygen atoms in total. The molecule has 1 atom stereocenters. The van der Waals surface area contributed by atoms with Crippen LogP contribution in [0.15, 0.2) is 47.5 Å². The van der Waals surface area contributed by atoms with E-state index in [2.05, 4.69) is 10.3 Å². The summed E-state index contributed by atoms with van der Waals surface area (Å²) in [5, 5.41) is 2.83. The highest BCUT2D eigenvalue weighted by atomic mass is 32.2. The summed E-state index contributed by atoms with van der Waals surface area (Å²) < 4.78 is 37.8. The van der Waals surface area contributed by atoms with Crippen molar-refractivity contribution in [2.24, 2.45) is 5.92 Å². The number of methoxy groups -OCH3 is 1. The summed E-state index contributed by atoms with van der Waals surface area (Å²) in [5.41, 5.74) is 0.481. The van der Waals surface area contributed by atoms with Gasteiger partial charge in [0, 0.05) is 19.3 Å². The van der Waals surface area contributed by atoms with Crippen molar-refractivity contribution >= 4 is 21.6 Å². The summed E-state index contributed by atoms with van der Waals surface area (Å²) in [6.07, 6.45) is 2.81. The Morgan fingerprint density at radius 1 is 1.28 bits per heavy atom. The SMILES string of the molecule is CCOc1ncccc1NC(=O)C1CCCN(S(=O)(=O)c2ccc(OC)cc2)C1. The van der Waals surface area contributed by atoms with Crippen molar-refractivity contribution in [1.82, 2.24) is 9.29 Å². The molecule has 1 saturated heterocycles. The summed E-state index contributed by atoms with van der Waals surface area (Å²) in [6, 6.07) is 9.67. The fourth-order valence-electron chi connectivity index (χ4n) is 3.24. The number of rotatable bonds is 7. The number of sulfonamides is 1. The number of nitrogens with zero attached hydrogens (tertiary/aromatic N) is 2. The number of hydrogen-bond donors (Lipinski definition) is 1. The maximum atomic E-state index is 13.0. The third-order valence-corrected chi connectivity index (χ3v) is 6.64. The van der Waals surface area contributed by atoms with Gasteiger partial charge in [0.1, 0.15) is 11.4 Å². The molecule has 2 aromatic rings. The molecule has 0 radical (unpaired) electrons. The van der Waals surface area contributed by atoms with Gasteiger partial charge in [-0.2, -0.15) is 4.31 Å². The maximum absolute atomic E-state index is 13.0. The normalized spacial score (nSPS) is 17.5. The number of hydrogen-bond acceptors (Lipinski definition) is 6. The van der Waals surface area contributed by atoms with Gasteiger partial charge in [-0.25, -0.2) is 13.4 Å². The van der Waals surface area contributed by atoms with Crippen LogP contribution in [0.4, 0.5) is 5.69 Å². The molecule has 3 rings (SSSR count). The average Bonchev–Trinajstić information content (AvgIpc) is 2.75. The summed E-state index contributed by atoms with van der Waals surface area (Å²) in [5.74, 6) is 0.239. The molecule has 0 aliphatic carbocycles. The highest BCUT2D eigenvalue weighted by molar-refractivity contribution is 7.89. The summed E-state index contributed by atoms with van der Waals surface area (Å²) in [6.45, 7) is 2.78. The lowest BCUT2D eigenvalue weighted by atomic mass is 9.99. The molecule has 1 aliphatic rings. The lowest BCUT2D eigenvalue weighted by Gasteiger charge is -2.31. The molecule has 1 aromatic carbocycles. The van der Waals surface area contributed by atoms with Crippen LogP contribution in [0.5, 0.6) is 11.6 Å². The number of nitrogens with one attached hydrogen (secondary N) is 1. The number of aromatic nitrogens is 1. The fourth-order valence-corrected chi connectivity index (χ4v) is 4.77. The first kappa shape index (κ1) is 21.1. The minimum absolute atomic E-state index is 0.129. The highest BCUT2D eigenvalue weighted by Gasteiger charge is 2.33. The van der Waals surface area contributed by atoms with Gasteiger partial charge < -0.3 is 14.8 Å². The number of ether oxygens (including phenoxy) is 2. The van der Waals surface area contributed by atoms with E-state index in [4.69, 9.17) is 9.47 Å². The molecule has 0 saturated carbocycles. The molecule has 1 amide bonds. The summed E-state index contributed by atoms with van der Waals surface area (Å²) in [4.78, 5) is 17.1. The second kappa shape index (κ2) is 9.23. The number of carbonyl (C=O) groups is 1. The predicted molar refractivity (Wildman–Crippen MR) is 109 cm³/mol. The first-order chi connectivity index (χ1) is 14.0. The van der Waals surface area contributed by atoms with Crippen molar-refractivity contribution in [3.8, 4) is 11.6 Å². The lowest BCUT2D eigenvalue weighted by Crippen LogP contribution is -2.43. The van der Waals surface area contributed by atoms with E-state index in [1.54, 1.807) is 30.5 Å². The molecule has 29 heavy (non-hydrogen) atoms. The Kier molecular flexibility index (Phi) is 6.71. The van der Waals surface area contributed by atoms with Crippen LogP contribution in [-0.4, -0.2) is 50.4 Å². The van der Waals surface area contributed by atoms with Crippen LogP contribution in [-0.2, 0) is 14.8 Å². The van der Waals surface area contributed by atoms with Crippen LogP contribution in [0, 0.1) is 5.92 Å². The molecule has 2 heterocycles. The van der Waals surface area contributed by atoms with Gasteiger partial charge in [0.2, 0.25) is 21.8 Å². The van der Waals surface area contributed by atoms with Gasteiger partial charge in [-0.15, -0.1) is 0 Å². The fraction of sp³-hybridized carbons (Fsp3) is 0.400. The van der Waals surface area contributed by atoms with Crippen molar-refractivity contribution in [2.45, 2.75) is 24.7 Å². The Hall–Kier alpha value is -2.65. The van der Waals surface area contributed by atoms with E-state index < -0.39 is 15.9 Å². The van der Waals surface area contributed by atoms with Crippen LogP contribution in [0.2, 0.25) is 0 Å². The van der Waals surface area contributed by atoms with Gasteiger partial charge in [0.05, 0.1) is 24.5 Å². The number of amides is 1. The van der Waals surface area contributed by atoms with E-state index >= 15 is 0 Å². The topological polar surface area (TPSA) is 97.8 Å². The predicted octanol–water partition coefficient (Wildman–Crippen LogP) is 2.53. The Labute approximate surface area is 170 Å². The summed E-state index contributed by atoms with van der Waals surface area (Å²) in [7, 11) is -2.16. The number of anilines is 1. The van der Waals surface area contributed by atoms with Crippen molar-refractivity contribution in [3.63, 3.8) is 0 Å². The Morgan fingerprint density at radius 2 is 2.03 bits per heavy atom. The van der Waals surface area contributed by atoms with Crippen LogP contribution in [0.25, 0.3) is 0 Å². The lowest BCUT2D eigenvalue weighted by molar-refractivity contribution is -0.120. The Bertz CT molecular complexity index is 947. The number of piperidine rings is 1.